The first-order valence-corrected chi connectivity index (χ1v) is 60.5. The highest BCUT2D eigenvalue weighted by Crippen LogP contribution is 2.63. The monoisotopic (exact) mass is 2210 g/mol. The van der Waals surface area contributed by atoms with Gasteiger partial charge in [-0.15, -0.1) is 0 Å². The van der Waals surface area contributed by atoms with Crippen LogP contribution in [0.5, 0.6) is 0 Å². The SMILES string of the molecule is CC(=O)C[S+]1CCCC1.CC(C)(C)C(=O)C[S+]1CCCC1.CC(C)(C)c1ccc([S+](c2ccccc2)c2ccccc2)cc1.O=C(OC12CC3CC(C1)C(O)C(C3)C2)C(F)(F)S(=O)(=O)[O-].O=C(OC12CC3CC(CC(C3)C1)C2)C(F)(F)S(=O)(=O)[O-].O=C1C2CC3CC1CC(OC(=O)C(F)(F)S(=O)(=O)[O-])(C3)C2.O=C1OC2(OC(=O)C(F)(F)S(=O)(=O)[O-])CC3CC1C2C3.OCc1ccc([S+](c2ccccc2)c2ccccc2)cc1. The number of fused-ring (bicyclic) bond motifs is 1. The zero-order valence-corrected chi connectivity index (χ0v) is 88.8. The van der Waals surface area contributed by atoms with Gasteiger partial charge in [0, 0.05) is 23.7 Å². The van der Waals surface area contributed by atoms with Gasteiger partial charge in [0.15, 0.2) is 92.9 Å². The van der Waals surface area contributed by atoms with E-state index >= 15 is 0 Å². The number of carbonyl (C=O) groups excluding carboxylic acids is 8. The third-order valence-corrected chi connectivity index (χ3v) is 42.5. The molecule has 0 aromatic heterocycles. The second-order valence-electron chi connectivity index (χ2n) is 43.2. The van der Waals surface area contributed by atoms with Crippen molar-refractivity contribution in [2.45, 2.75) is 287 Å². The smallest absolute Gasteiger partial charge is 0.429 e. The Labute approximate surface area is 863 Å². The maximum absolute atomic E-state index is 13.3. The van der Waals surface area contributed by atoms with Gasteiger partial charge in [0.1, 0.15) is 45.6 Å². The van der Waals surface area contributed by atoms with Crippen molar-refractivity contribution < 1.29 is 159 Å². The Bertz CT molecular complexity index is 6030. The first kappa shape index (κ1) is 116. The van der Waals surface area contributed by atoms with Crippen LogP contribution in [0, 0.1) is 76.4 Å². The summed E-state index contributed by atoms with van der Waals surface area (Å²) in [6, 6.07) is 60.1. The second-order valence-corrected chi connectivity index (χ2v) is 57.6. The van der Waals surface area contributed by atoms with Gasteiger partial charge in [-0.1, -0.05) is 139 Å². The highest BCUT2D eigenvalue weighted by Gasteiger charge is 2.71. The lowest BCUT2D eigenvalue weighted by Gasteiger charge is -2.57. The lowest BCUT2D eigenvalue weighted by atomic mass is 9.53. The summed E-state index contributed by atoms with van der Waals surface area (Å²) in [4.78, 5) is 99.3. The number of aliphatic hydroxyl groups is 2. The molecule has 3 heterocycles. The number of alkyl halides is 8. The Balaban J connectivity index is 0.000000142. The summed E-state index contributed by atoms with van der Waals surface area (Å²) in [5, 5.41) is -1.14. The molecule has 14 bridgehead atoms. The van der Waals surface area contributed by atoms with Gasteiger partial charge < -0.3 is 52.1 Å². The molecule has 6 aromatic rings. The molecule has 8 unspecified atom stereocenters. The summed E-state index contributed by atoms with van der Waals surface area (Å²) in [6.45, 7) is 14.6. The van der Waals surface area contributed by atoms with Crippen LogP contribution in [0.4, 0.5) is 35.1 Å². The molecule has 3 saturated heterocycles. The number of ether oxygens (including phenoxy) is 5. The number of aliphatic hydroxyl groups excluding tert-OH is 2. The van der Waals surface area contributed by atoms with E-state index in [9.17, 15) is 136 Å². The topological polar surface area (TPSA) is 452 Å². The van der Waals surface area contributed by atoms with E-state index in [0.29, 0.717) is 109 Å². The average molecular weight is 2210 g/mol. The minimum Gasteiger partial charge on any atom is -0.743 e. The van der Waals surface area contributed by atoms with Crippen LogP contribution in [0.15, 0.2) is 199 Å². The minimum atomic E-state index is -6.19. The van der Waals surface area contributed by atoms with Crippen LogP contribution in [0.2, 0.25) is 0 Å². The fraction of sp³-hybridized carbons (Fsp3) is 0.577. The molecule has 17 aliphatic rings. The van der Waals surface area contributed by atoms with Crippen LogP contribution in [0.3, 0.4) is 0 Å². The van der Waals surface area contributed by atoms with Gasteiger partial charge in [-0.25, -0.2) is 52.8 Å². The van der Waals surface area contributed by atoms with Gasteiger partial charge in [-0.2, -0.15) is 35.1 Å². The van der Waals surface area contributed by atoms with Gasteiger partial charge in [0.05, 0.1) is 46.3 Å². The molecule has 27 nitrogen and oxygen atoms in total. The number of esters is 5. The van der Waals surface area contributed by atoms with Crippen LogP contribution in [-0.4, -0.2) is 194 Å². The zero-order valence-electron chi connectivity index (χ0n) is 82.3. The molecule has 0 spiro atoms. The lowest BCUT2D eigenvalue weighted by Crippen LogP contribution is -2.59. The van der Waals surface area contributed by atoms with Gasteiger partial charge >= 0.3 is 50.9 Å². The van der Waals surface area contributed by atoms with E-state index in [2.05, 4.69) is 171 Å². The second kappa shape index (κ2) is 45.8. The molecule has 14 saturated carbocycles. The van der Waals surface area contributed by atoms with Gasteiger partial charge in [0.2, 0.25) is 0 Å². The van der Waals surface area contributed by atoms with Crippen molar-refractivity contribution in [3.8, 4) is 0 Å². The number of Topliss-reactive ketones (excluding diaryl/α,β-unsaturated/α-hetero) is 3. The van der Waals surface area contributed by atoms with Gasteiger partial charge in [-0.05, 0) is 307 Å². The number of benzene rings is 6. The highest BCUT2D eigenvalue weighted by atomic mass is 32.2. The maximum atomic E-state index is 13.3. The molecule has 2 N–H and O–H groups in total. The molecule has 6 aromatic carbocycles. The molecule has 806 valence electrons. The van der Waals surface area contributed by atoms with E-state index in [4.69, 9.17) is 18.9 Å². The average Bonchev–Trinajstić information content (AvgIpc) is 1.54. The molecular weight excluding hydrogens is 2090 g/mol. The predicted molar refractivity (Wildman–Crippen MR) is 526 cm³/mol. The minimum absolute atomic E-state index is 0.00160. The van der Waals surface area contributed by atoms with Crippen molar-refractivity contribution in [3.05, 3.63) is 181 Å². The molecule has 147 heavy (non-hydrogen) atoms. The van der Waals surface area contributed by atoms with E-state index in [0.717, 1.165) is 49.2 Å². The van der Waals surface area contributed by atoms with Crippen LogP contribution in [0.25, 0.3) is 0 Å². The molecule has 0 amide bonds. The fourth-order valence-corrected chi connectivity index (χ4v) is 33.7. The number of halogens is 8. The maximum Gasteiger partial charge on any atom is 0.429 e. The van der Waals surface area contributed by atoms with Crippen LogP contribution < -0.4 is 0 Å². The Kier molecular flexibility index (Phi) is 36.2. The summed E-state index contributed by atoms with van der Waals surface area (Å²) < 4.78 is 255. The Hall–Kier alpha value is -7.92. The Morgan fingerprint density at radius 1 is 0.401 bits per heavy atom. The first-order valence-electron chi connectivity index (χ1n) is 49.0. The number of hydrogen-bond acceptors (Lipinski definition) is 27. The number of ketones is 3. The first-order chi connectivity index (χ1) is 68.5. The standard InChI is InChI=1S/C22H23S.C19H17OS.C12H16F2O6S.C12H14F2O6S.C12H16F2O5S.C10H10F2O7S.C10H19OS.C7H13OS/c1-22(2,3)18-14-16-21(17-15-18)23(19-10-6-4-7-11-19)20-12-8-5-9-13-20;20-15-16-11-13-19(14-12-16)21(17-7-3-1-4-8-17)18-9-5-2-6-10-18;2*13-12(14,21(17,18)19)10(16)20-11-3-6-1-7(4-11)9(15)8(2-6)5-11;13-12(14,20(16,17)18)10(15)19-11-4-7-1-8(5-11)3-9(2-7)6-11;11-10(12,20(15,16)17)8(14)19-9-3-4-1-5(6(9)2-4)7(13)18-9;1-10(2,3)9(11)8-12-6-4-5-7-12;1-7(8)6-9-4-2-3-5-9/h4-17H,1-3H3;1-14,20H,15H2;6-9,15H,1-5H2,(H,17,18,19);6-8H,1-5H2,(H,17,18,19);7-9H,1-6H2,(H,16,17,18);4-6H,1-3H2,(H,15,16,17);4-8H2,1-3H3;2-6H2,1H3/q2*+1;;;;;2*+1/p-4. The quantitative estimate of drug-likeness (QED) is 0.0198. The zero-order chi connectivity index (χ0) is 108. The van der Waals surface area contributed by atoms with Crippen molar-refractivity contribution in [1.82, 2.24) is 0 Å². The van der Waals surface area contributed by atoms with Crippen LogP contribution in [-0.2, 0) is 158 Å². The van der Waals surface area contributed by atoms with Crippen molar-refractivity contribution in [1.29, 1.82) is 0 Å². The van der Waals surface area contributed by atoms with Crippen molar-refractivity contribution in [2.75, 3.05) is 34.5 Å². The lowest BCUT2D eigenvalue weighted by molar-refractivity contribution is -0.233. The third kappa shape index (κ3) is 27.5. The molecule has 8 atom stereocenters. The summed E-state index contributed by atoms with van der Waals surface area (Å²) in [5.41, 5.74) is -0.975. The molecule has 0 radical (unpaired) electrons. The van der Waals surface area contributed by atoms with Crippen molar-refractivity contribution >= 4 is 131 Å². The Morgan fingerprint density at radius 3 is 1.03 bits per heavy atom. The van der Waals surface area contributed by atoms with Crippen molar-refractivity contribution in [2.24, 2.45) is 76.4 Å². The molecule has 43 heteroatoms. The van der Waals surface area contributed by atoms with Gasteiger partial charge in [-0.3, -0.25) is 19.2 Å². The van der Waals surface area contributed by atoms with E-state index in [1.807, 2.05) is 45.0 Å². The fourth-order valence-electron chi connectivity index (χ4n) is 23.8. The largest absolute Gasteiger partial charge is 0.743 e. The Morgan fingerprint density at radius 2 is 0.707 bits per heavy atom. The summed E-state index contributed by atoms with van der Waals surface area (Å²) >= 11 is 0. The van der Waals surface area contributed by atoms with Crippen LogP contribution in [0.1, 0.15) is 207 Å². The van der Waals surface area contributed by atoms with Crippen molar-refractivity contribution in [3.63, 3.8) is 0 Å². The molecule has 3 aliphatic heterocycles. The van der Waals surface area contributed by atoms with E-state index < -0.39 is 132 Å². The van der Waals surface area contributed by atoms with E-state index in [-0.39, 0.29) is 119 Å². The number of hydrogen-bond donors (Lipinski definition) is 2. The molecule has 23 rings (SSSR count). The van der Waals surface area contributed by atoms with Gasteiger partial charge in [0.25, 0.3) is 5.79 Å². The van der Waals surface area contributed by atoms with Crippen LogP contribution >= 0.6 is 0 Å². The third-order valence-electron chi connectivity index (χ3n) is 29.9. The molecule has 14 aliphatic carbocycles. The van der Waals surface area contributed by atoms with E-state index in [1.54, 1.807) is 6.92 Å². The number of carbonyl (C=O) groups is 8. The summed E-state index contributed by atoms with van der Waals surface area (Å²) in [6.07, 6.45) is 14.8. The molecule has 17 fully saturated rings. The highest BCUT2D eigenvalue weighted by molar-refractivity contribution is 7.98. The normalized spacial score (nSPS) is 28.5. The van der Waals surface area contributed by atoms with E-state index in [1.165, 1.54) is 83.6 Å². The molecular formula is C104H124F8O27S8. The predicted octanol–water partition coefficient (Wildman–Crippen LogP) is 16.4. The summed E-state index contributed by atoms with van der Waals surface area (Å²) in [5.74, 6) is -4.54. The summed E-state index contributed by atoms with van der Waals surface area (Å²) in [7, 11) is -23.7. The number of rotatable bonds is 23.